The summed E-state index contributed by atoms with van der Waals surface area (Å²) in [6.45, 7) is 4.89. The van der Waals surface area contributed by atoms with Crippen LogP contribution in [-0.2, 0) is 6.54 Å². The van der Waals surface area contributed by atoms with Gasteiger partial charge in [-0.2, -0.15) is 0 Å². The highest BCUT2D eigenvalue weighted by molar-refractivity contribution is 5.39. The van der Waals surface area contributed by atoms with Crippen molar-refractivity contribution < 1.29 is 10.2 Å². The normalized spacial score (nSPS) is 13.1. The molecule has 0 aliphatic heterocycles. The summed E-state index contributed by atoms with van der Waals surface area (Å²) >= 11 is 0. The largest absolute Gasteiger partial charge is 0.507 e. The van der Waals surface area contributed by atoms with Gasteiger partial charge in [-0.25, -0.2) is 0 Å². The molecule has 0 bridgehead atoms. The third-order valence-corrected chi connectivity index (χ3v) is 2.34. The second-order valence-electron chi connectivity index (χ2n) is 4.13. The Kier molecular flexibility index (Phi) is 4.12. The molecule has 1 unspecified atom stereocenters. The molecule has 0 spiro atoms. The lowest BCUT2D eigenvalue weighted by atomic mass is 10.1. The monoisotopic (exact) mass is 209 g/mol. The smallest absolute Gasteiger partial charge is 0.122 e. The van der Waals surface area contributed by atoms with Crippen molar-refractivity contribution in [1.29, 1.82) is 0 Å². The van der Waals surface area contributed by atoms with Crippen LogP contribution in [0.25, 0.3) is 0 Å². The van der Waals surface area contributed by atoms with E-state index in [2.05, 4.69) is 0 Å². The minimum absolute atomic E-state index is 0.345. The molecule has 1 aromatic rings. The Morgan fingerprint density at radius 2 is 2.07 bits per heavy atom. The molecular weight excluding hydrogens is 190 g/mol. The van der Waals surface area contributed by atoms with Crippen molar-refractivity contribution in [2.45, 2.75) is 26.5 Å². The maximum atomic E-state index is 9.79. The molecule has 0 saturated heterocycles. The lowest BCUT2D eigenvalue weighted by Crippen LogP contribution is -2.26. The van der Waals surface area contributed by atoms with Crippen LogP contribution in [0.2, 0.25) is 0 Å². The fourth-order valence-corrected chi connectivity index (χ4v) is 1.65. The SMILES string of the molecule is Cc1cccc(CN(C)CC(C)O)c1O. The molecule has 1 atom stereocenters. The fraction of sp³-hybridized carbons (Fsp3) is 0.500. The van der Waals surface area contributed by atoms with Crippen molar-refractivity contribution in [3.05, 3.63) is 29.3 Å². The Morgan fingerprint density at radius 3 is 2.67 bits per heavy atom. The first-order valence-corrected chi connectivity index (χ1v) is 5.14. The maximum Gasteiger partial charge on any atom is 0.122 e. The first-order valence-electron chi connectivity index (χ1n) is 5.14. The van der Waals surface area contributed by atoms with Gasteiger partial charge < -0.3 is 10.2 Å². The van der Waals surface area contributed by atoms with Gasteiger partial charge in [0.1, 0.15) is 5.75 Å². The number of aryl methyl sites for hydroxylation is 1. The molecule has 3 nitrogen and oxygen atoms in total. The van der Waals surface area contributed by atoms with E-state index >= 15 is 0 Å². The molecule has 0 amide bonds. The molecule has 0 aromatic heterocycles. The molecule has 0 aliphatic carbocycles. The summed E-state index contributed by atoms with van der Waals surface area (Å²) in [6.07, 6.45) is -0.345. The molecule has 15 heavy (non-hydrogen) atoms. The summed E-state index contributed by atoms with van der Waals surface area (Å²) < 4.78 is 0. The molecular formula is C12H19NO2. The van der Waals surface area contributed by atoms with E-state index in [1.165, 1.54) is 0 Å². The van der Waals surface area contributed by atoms with Crippen molar-refractivity contribution in [1.82, 2.24) is 4.90 Å². The number of aliphatic hydroxyl groups is 1. The average molecular weight is 209 g/mol. The van der Waals surface area contributed by atoms with E-state index in [9.17, 15) is 10.2 Å². The summed E-state index contributed by atoms with van der Waals surface area (Å²) in [5.41, 5.74) is 1.79. The zero-order valence-electron chi connectivity index (χ0n) is 9.57. The van der Waals surface area contributed by atoms with Crippen molar-refractivity contribution in [2.75, 3.05) is 13.6 Å². The number of aromatic hydroxyl groups is 1. The van der Waals surface area contributed by atoms with Crippen LogP contribution in [0, 0.1) is 6.92 Å². The van der Waals surface area contributed by atoms with Crippen molar-refractivity contribution in [3.8, 4) is 5.75 Å². The van der Waals surface area contributed by atoms with E-state index in [0.717, 1.165) is 11.1 Å². The molecule has 3 heteroatoms. The minimum atomic E-state index is -0.345. The quantitative estimate of drug-likeness (QED) is 0.790. The Hall–Kier alpha value is -1.06. The van der Waals surface area contributed by atoms with Crippen LogP contribution in [0.5, 0.6) is 5.75 Å². The first kappa shape index (κ1) is 12.0. The predicted octanol–water partition coefficient (Wildman–Crippen LogP) is 1.51. The molecule has 0 saturated carbocycles. The van der Waals surface area contributed by atoms with Crippen LogP contribution in [0.15, 0.2) is 18.2 Å². The van der Waals surface area contributed by atoms with Crippen LogP contribution >= 0.6 is 0 Å². The van der Waals surface area contributed by atoms with Gasteiger partial charge in [0, 0.05) is 18.7 Å². The lowest BCUT2D eigenvalue weighted by Gasteiger charge is -2.19. The number of phenolic OH excluding ortho intramolecular Hbond substituents is 1. The summed E-state index contributed by atoms with van der Waals surface area (Å²) in [7, 11) is 1.93. The van der Waals surface area contributed by atoms with Gasteiger partial charge in [0.05, 0.1) is 6.10 Å². The third-order valence-electron chi connectivity index (χ3n) is 2.34. The molecule has 2 N–H and O–H groups in total. The highest BCUT2D eigenvalue weighted by Gasteiger charge is 2.08. The Bertz CT molecular complexity index is 323. The van der Waals surface area contributed by atoms with Gasteiger partial charge in [0.25, 0.3) is 0 Å². The average Bonchev–Trinajstić information content (AvgIpc) is 2.11. The first-order chi connectivity index (χ1) is 7.00. The van der Waals surface area contributed by atoms with Crippen LogP contribution in [0.4, 0.5) is 0 Å². The molecule has 0 radical (unpaired) electrons. The van der Waals surface area contributed by atoms with Crippen LogP contribution in [0.1, 0.15) is 18.1 Å². The molecule has 0 fully saturated rings. The number of benzene rings is 1. The second-order valence-corrected chi connectivity index (χ2v) is 4.13. The number of hydrogen-bond donors (Lipinski definition) is 2. The summed E-state index contributed by atoms with van der Waals surface area (Å²) in [6, 6.07) is 5.72. The topological polar surface area (TPSA) is 43.7 Å². The number of aliphatic hydroxyl groups excluding tert-OH is 1. The zero-order valence-corrected chi connectivity index (χ0v) is 9.57. The number of phenols is 1. The van der Waals surface area contributed by atoms with E-state index in [0.29, 0.717) is 18.8 Å². The number of likely N-dealkylation sites (N-methyl/N-ethyl adjacent to an activating group) is 1. The zero-order chi connectivity index (χ0) is 11.4. The maximum absolute atomic E-state index is 9.79. The molecule has 1 rings (SSSR count). The molecule has 0 heterocycles. The van der Waals surface area contributed by atoms with Gasteiger partial charge in [-0.1, -0.05) is 18.2 Å². The number of hydrogen-bond acceptors (Lipinski definition) is 3. The fourth-order valence-electron chi connectivity index (χ4n) is 1.65. The lowest BCUT2D eigenvalue weighted by molar-refractivity contribution is 0.138. The summed E-state index contributed by atoms with van der Waals surface area (Å²) in [5, 5.41) is 19.0. The van der Waals surface area contributed by atoms with Crippen LogP contribution in [-0.4, -0.2) is 34.8 Å². The van der Waals surface area contributed by atoms with E-state index in [4.69, 9.17) is 0 Å². The molecule has 1 aromatic carbocycles. The highest BCUT2D eigenvalue weighted by atomic mass is 16.3. The van der Waals surface area contributed by atoms with Gasteiger partial charge in [-0.3, -0.25) is 4.90 Å². The van der Waals surface area contributed by atoms with Gasteiger partial charge in [-0.15, -0.1) is 0 Å². The number of para-hydroxylation sites is 1. The Labute approximate surface area is 91.0 Å². The summed E-state index contributed by atoms with van der Waals surface area (Å²) in [4.78, 5) is 1.99. The van der Waals surface area contributed by atoms with E-state index < -0.39 is 0 Å². The van der Waals surface area contributed by atoms with E-state index in [1.54, 1.807) is 6.92 Å². The predicted molar refractivity (Wildman–Crippen MR) is 60.9 cm³/mol. The molecule has 0 aliphatic rings. The van der Waals surface area contributed by atoms with Crippen molar-refractivity contribution >= 4 is 0 Å². The number of nitrogens with zero attached hydrogens (tertiary/aromatic N) is 1. The van der Waals surface area contributed by atoms with Crippen LogP contribution in [0.3, 0.4) is 0 Å². The van der Waals surface area contributed by atoms with Crippen molar-refractivity contribution in [2.24, 2.45) is 0 Å². The van der Waals surface area contributed by atoms with Gasteiger partial charge in [-0.05, 0) is 26.5 Å². The Morgan fingerprint density at radius 1 is 1.40 bits per heavy atom. The van der Waals surface area contributed by atoms with Gasteiger partial charge >= 0.3 is 0 Å². The molecule has 84 valence electrons. The third kappa shape index (κ3) is 3.53. The minimum Gasteiger partial charge on any atom is -0.507 e. The van der Waals surface area contributed by atoms with Gasteiger partial charge in [0.15, 0.2) is 0 Å². The highest BCUT2D eigenvalue weighted by Crippen LogP contribution is 2.22. The summed E-state index contributed by atoms with van der Waals surface area (Å²) in [5.74, 6) is 0.356. The standard InChI is InChI=1S/C12H19NO2/c1-9-5-4-6-11(12(9)15)8-13(3)7-10(2)14/h4-6,10,14-15H,7-8H2,1-3H3. The van der Waals surface area contributed by atoms with Crippen molar-refractivity contribution in [3.63, 3.8) is 0 Å². The van der Waals surface area contributed by atoms with Gasteiger partial charge in [0.2, 0.25) is 0 Å². The van der Waals surface area contributed by atoms with E-state index in [-0.39, 0.29) is 6.10 Å². The Balaban J connectivity index is 2.68. The second kappa shape index (κ2) is 5.14. The van der Waals surface area contributed by atoms with E-state index in [1.807, 2.05) is 37.1 Å². The number of rotatable bonds is 4. The van der Waals surface area contributed by atoms with Crippen LogP contribution < -0.4 is 0 Å².